The lowest BCUT2D eigenvalue weighted by Gasteiger charge is -2.16. The van der Waals surface area contributed by atoms with Crippen molar-refractivity contribution in [1.82, 2.24) is 0 Å². The van der Waals surface area contributed by atoms with Crippen LogP contribution >= 0.6 is 11.6 Å². The topological polar surface area (TPSA) is 20.2 Å². The summed E-state index contributed by atoms with van der Waals surface area (Å²) >= 11 is 5.97. The zero-order valence-corrected chi connectivity index (χ0v) is 11.3. The van der Waals surface area contributed by atoms with Gasteiger partial charge in [-0.15, -0.1) is 0 Å². The second kappa shape index (κ2) is 5.46. The van der Waals surface area contributed by atoms with E-state index in [2.05, 4.69) is 0 Å². The van der Waals surface area contributed by atoms with Crippen molar-refractivity contribution in [2.24, 2.45) is 0 Å². The van der Waals surface area contributed by atoms with Crippen molar-refractivity contribution >= 4 is 11.6 Å². The Hall–Kier alpha value is -1.52. The molecule has 1 N–H and O–H groups in total. The summed E-state index contributed by atoms with van der Waals surface area (Å²) in [6, 6.07) is 9.54. The van der Waals surface area contributed by atoms with E-state index >= 15 is 0 Å². The molecule has 1 atom stereocenters. The van der Waals surface area contributed by atoms with Gasteiger partial charge in [-0.2, -0.15) is 13.2 Å². The number of alkyl halides is 3. The molecule has 1 nitrogen and oxygen atoms in total. The molecule has 0 radical (unpaired) electrons. The van der Waals surface area contributed by atoms with Gasteiger partial charge < -0.3 is 5.11 Å². The van der Waals surface area contributed by atoms with Gasteiger partial charge >= 0.3 is 6.18 Å². The molecule has 1 unspecified atom stereocenters. The maximum atomic E-state index is 12.5. The summed E-state index contributed by atoms with van der Waals surface area (Å²) in [5, 5.41) is 10.8. The van der Waals surface area contributed by atoms with Crippen LogP contribution in [0.25, 0.3) is 0 Å². The van der Waals surface area contributed by atoms with Gasteiger partial charge in [0, 0.05) is 5.02 Å². The summed E-state index contributed by atoms with van der Waals surface area (Å²) in [6.07, 6.45) is -5.38. The first-order valence-electron chi connectivity index (χ1n) is 5.91. The normalized spacial score (nSPS) is 13.3. The standard InChI is InChI=1S/C15H12ClF3O/c1-9-12(3-2-4-13(9)16)14(20)10-5-7-11(8-6-10)15(17,18)19/h2-8,14,20H,1H3. The van der Waals surface area contributed by atoms with Gasteiger partial charge in [0.1, 0.15) is 6.10 Å². The van der Waals surface area contributed by atoms with E-state index in [1.54, 1.807) is 25.1 Å². The van der Waals surface area contributed by atoms with Gasteiger partial charge in [0.25, 0.3) is 0 Å². The minimum absolute atomic E-state index is 0.392. The van der Waals surface area contributed by atoms with Crippen molar-refractivity contribution in [3.8, 4) is 0 Å². The lowest BCUT2D eigenvalue weighted by atomic mass is 9.97. The SMILES string of the molecule is Cc1c(Cl)cccc1C(O)c1ccc(C(F)(F)F)cc1. The summed E-state index contributed by atoms with van der Waals surface area (Å²) < 4.78 is 37.4. The van der Waals surface area contributed by atoms with Crippen LogP contribution in [0.2, 0.25) is 5.02 Å². The van der Waals surface area contributed by atoms with E-state index in [0.717, 1.165) is 12.1 Å². The van der Waals surface area contributed by atoms with Gasteiger partial charge in [-0.1, -0.05) is 35.9 Å². The van der Waals surface area contributed by atoms with Crippen LogP contribution in [0.4, 0.5) is 13.2 Å². The molecule has 0 fully saturated rings. The van der Waals surface area contributed by atoms with Crippen LogP contribution < -0.4 is 0 Å². The third kappa shape index (κ3) is 2.97. The number of halogens is 4. The molecule has 0 amide bonds. The summed E-state index contributed by atoms with van der Waals surface area (Å²) in [5.41, 5.74) is 0.943. The quantitative estimate of drug-likeness (QED) is 0.848. The number of hydrogen-bond acceptors (Lipinski definition) is 1. The van der Waals surface area contributed by atoms with E-state index in [0.29, 0.717) is 21.7 Å². The largest absolute Gasteiger partial charge is 0.416 e. The molecule has 0 saturated heterocycles. The van der Waals surface area contributed by atoms with E-state index in [4.69, 9.17) is 11.6 Å². The molecule has 20 heavy (non-hydrogen) atoms. The van der Waals surface area contributed by atoms with Gasteiger partial charge in [-0.25, -0.2) is 0 Å². The number of rotatable bonds is 2. The molecular formula is C15H12ClF3O. The molecule has 0 aliphatic carbocycles. The number of hydrogen-bond donors (Lipinski definition) is 1. The smallest absolute Gasteiger partial charge is 0.384 e. The molecule has 2 rings (SSSR count). The van der Waals surface area contributed by atoms with Gasteiger partial charge in [0.05, 0.1) is 5.56 Å². The molecule has 0 aliphatic rings. The molecule has 0 bridgehead atoms. The van der Waals surface area contributed by atoms with Crippen LogP contribution in [-0.4, -0.2) is 5.11 Å². The highest BCUT2D eigenvalue weighted by molar-refractivity contribution is 6.31. The Balaban J connectivity index is 2.34. The first-order valence-corrected chi connectivity index (χ1v) is 6.28. The molecule has 0 aliphatic heterocycles. The Morgan fingerprint density at radius 3 is 2.20 bits per heavy atom. The van der Waals surface area contributed by atoms with Crippen LogP contribution in [0.5, 0.6) is 0 Å². The maximum Gasteiger partial charge on any atom is 0.416 e. The fourth-order valence-electron chi connectivity index (χ4n) is 1.95. The van der Waals surface area contributed by atoms with Crippen LogP contribution in [-0.2, 0) is 6.18 Å². The summed E-state index contributed by atoms with van der Waals surface area (Å²) in [7, 11) is 0. The lowest BCUT2D eigenvalue weighted by molar-refractivity contribution is -0.137. The minimum atomic E-state index is -4.38. The Labute approximate surface area is 119 Å². The Morgan fingerprint density at radius 1 is 1.05 bits per heavy atom. The van der Waals surface area contributed by atoms with Crippen LogP contribution in [0.1, 0.15) is 28.4 Å². The minimum Gasteiger partial charge on any atom is -0.384 e. The fraction of sp³-hybridized carbons (Fsp3) is 0.200. The predicted molar refractivity (Wildman–Crippen MR) is 71.7 cm³/mol. The van der Waals surface area contributed by atoms with Crippen LogP contribution in [0, 0.1) is 6.92 Å². The fourth-order valence-corrected chi connectivity index (χ4v) is 2.14. The van der Waals surface area contributed by atoms with Gasteiger partial charge in [0.2, 0.25) is 0 Å². The highest BCUT2D eigenvalue weighted by atomic mass is 35.5. The molecular weight excluding hydrogens is 289 g/mol. The van der Waals surface area contributed by atoms with Crippen molar-refractivity contribution in [2.45, 2.75) is 19.2 Å². The molecule has 106 valence electrons. The van der Waals surface area contributed by atoms with E-state index < -0.39 is 17.8 Å². The maximum absolute atomic E-state index is 12.5. The predicted octanol–water partition coefficient (Wildman–Crippen LogP) is 4.75. The lowest BCUT2D eigenvalue weighted by Crippen LogP contribution is -2.06. The van der Waals surface area contributed by atoms with E-state index in [1.807, 2.05) is 0 Å². The van der Waals surface area contributed by atoms with Gasteiger partial charge in [-0.3, -0.25) is 0 Å². The number of aliphatic hydroxyl groups is 1. The summed E-state index contributed by atoms with van der Waals surface area (Å²) in [6.45, 7) is 1.75. The highest BCUT2D eigenvalue weighted by Crippen LogP contribution is 2.32. The second-order valence-corrected chi connectivity index (χ2v) is 4.88. The van der Waals surface area contributed by atoms with E-state index in [9.17, 15) is 18.3 Å². The molecule has 0 heterocycles. The number of aliphatic hydroxyl groups excluding tert-OH is 1. The molecule has 2 aromatic carbocycles. The molecule has 0 aromatic heterocycles. The van der Waals surface area contributed by atoms with Crippen molar-refractivity contribution in [2.75, 3.05) is 0 Å². The highest BCUT2D eigenvalue weighted by Gasteiger charge is 2.30. The number of benzene rings is 2. The third-order valence-electron chi connectivity index (χ3n) is 3.16. The summed E-state index contributed by atoms with van der Waals surface area (Å²) in [5.74, 6) is 0. The van der Waals surface area contributed by atoms with Crippen molar-refractivity contribution in [3.05, 3.63) is 69.7 Å². The van der Waals surface area contributed by atoms with Crippen molar-refractivity contribution in [1.29, 1.82) is 0 Å². The molecule has 0 spiro atoms. The monoisotopic (exact) mass is 300 g/mol. The van der Waals surface area contributed by atoms with E-state index in [1.165, 1.54) is 12.1 Å². The summed E-state index contributed by atoms with van der Waals surface area (Å²) in [4.78, 5) is 0. The zero-order valence-electron chi connectivity index (χ0n) is 10.6. The van der Waals surface area contributed by atoms with Crippen molar-refractivity contribution < 1.29 is 18.3 Å². The first-order chi connectivity index (χ1) is 9.30. The average molecular weight is 301 g/mol. The Kier molecular flexibility index (Phi) is 4.06. The van der Waals surface area contributed by atoms with Crippen molar-refractivity contribution in [3.63, 3.8) is 0 Å². The van der Waals surface area contributed by atoms with Crippen LogP contribution in [0.3, 0.4) is 0 Å². The Morgan fingerprint density at radius 2 is 1.65 bits per heavy atom. The average Bonchev–Trinajstić information content (AvgIpc) is 2.40. The van der Waals surface area contributed by atoms with Crippen LogP contribution in [0.15, 0.2) is 42.5 Å². The third-order valence-corrected chi connectivity index (χ3v) is 3.57. The van der Waals surface area contributed by atoms with Gasteiger partial charge in [-0.05, 0) is 41.8 Å². The molecule has 5 heteroatoms. The van der Waals surface area contributed by atoms with E-state index in [-0.39, 0.29) is 0 Å². The zero-order chi connectivity index (χ0) is 14.9. The first kappa shape index (κ1) is 14.9. The molecule has 2 aromatic rings. The van der Waals surface area contributed by atoms with Gasteiger partial charge in [0.15, 0.2) is 0 Å². The molecule has 0 saturated carbocycles. The Bertz CT molecular complexity index is 606. The second-order valence-electron chi connectivity index (χ2n) is 4.48.